The van der Waals surface area contributed by atoms with Crippen LogP contribution in [0, 0.1) is 0 Å². The average molecular weight is 388 g/mol. The molecule has 1 aromatic heterocycles. The molecule has 0 spiro atoms. The number of ether oxygens (including phenoxy) is 1. The summed E-state index contributed by atoms with van der Waals surface area (Å²) < 4.78 is 28.5. The zero-order chi connectivity index (χ0) is 20.1. The van der Waals surface area contributed by atoms with Crippen LogP contribution in [0.3, 0.4) is 0 Å². The highest BCUT2D eigenvalue weighted by atomic mass is 19.3. The van der Waals surface area contributed by atoms with Gasteiger partial charge < -0.3 is 20.4 Å². The van der Waals surface area contributed by atoms with Gasteiger partial charge in [-0.05, 0) is 43.3 Å². The van der Waals surface area contributed by atoms with Crippen LogP contribution < -0.4 is 15.4 Å². The predicted molar refractivity (Wildman–Crippen MR) is 98.1 cm³/mol. The zero-order valence-corrected chi connectivity index (χ0v) is 14.9. The standard InChI is InChI=1S/C19H18F2N4O3/c1-11(17-24-14-4-2-3-5-15(14)25-17)23-16(26)10-22-18(27)12-6-8-13(9-7-12)28-19(20)21/h2-9,11,19H,10H2,1H3,(H,22,27)(H,23,26)(H,24,25)/t11-/m0/s1. The molecule has 3 N–H and O–H groups in total. The molecule has 1 atom stereocenters. The molecule has 3 aromatic rings. The summed E-state index contributed by atoms with van der Waals surface area (Å²) in [6, 6.07) is 12.3. The second-order valence-electron chi connectivity index (χ2n) is 6.01. The van der Waals surface area contributed by atoms with Gasteiger partial charge in [0.25, 0.3) is 5.91 Å². The zero-order valence-electron chi connectivity index (χ0n) is 14.9. The Bertz CT molecular complexity index is 940. The number of rotatable bonds is 7. The first-order chi connectivity index (χ1) is 13.4. The van der Waals surface area contributed by atoms with Gasteiger partial charge >= 0.3 is 6.61 Å². The van der Waals surface area contributed by atoms with Crippen molar-refractivity contribution < 1.29 is 23.1 Å². The number of nitrogens with zero attached hydrogens (tertiary/aromatic N) is 1. The number of H-pyrrole nitrogens is 1. The van der Waals surface area contributed by atoms with Crippen molar-refractivity contribution in [1.29, 1.82) is 0 Å². The second kappa shape index (κ2) is 8.47. The molecule has 2 aromatic carbocycles. The average Bonchev–Trinajstić information content (AvgIpc) is 3.10. The largest absolute Gasteiger partial charge is 0.435 e. The molecule has 1 heterocycles. The van der Waals surface area contributed by atoms with Crippen molar-refractivity contribution in [1.82, 2.24) is 20.6 Å². The van der Waals surface area contributed by atoms with Gasteiger partial charge in [-0.25, -0.2) is 4.98 Å². The number of carbonyl (C=O) groups excluding carboxylic acids is 2. The van der Waals surface area contributed by atoms with E-state index in [9.17, 15) is 18.4 Å². The van der Waals surface area contributed by atoms with Crippen molar-refractivity contribution in [2.45, 2.75) is 19.6 Å². The third-order valence-electron chi connectivity index (χ3n) is 3.95. The molecule has 0 aliphatic rings. The highest BCUT2D eigenvalue weighted by Crippen LogP contribution is 2.16. The van der Waals surface area contributed by atoms with E-state index in [1.54, 1.807) is 6.92 Å². The fourth-order valence-corrected chi connectivity index (χ4v) is 2.59. The first kappa shape index (κ1) is 19.3. The lowest BCUT2D eigenvalue weighted by atomic mass is 10.2. The summed E-state index contributed by atoms with van der Waals surface area (Å²) in [5.74, 6) is -0.339. The number of carbonyl (C=O) groups is 2. The van der Waals surface area contributed by atoms with Crippen molar-refractivity contribution in [3.05, 3.63) is 59.9 Å². The van der Waals surface area contributed by atoms with Gasteiger partial charge in [-0.2, -0.15) is 8.78 Å². The van der Waals surface area contributed by atoms with Crippen LogP contribution in [0.25, 0.3) is 11.0 Å². The molecule has 0 radical (unpaired) electrons. The monoisotopic (exact) mass is 388 g/mol. The molecular weight excluding hydrogens is 370 g/mol. The van der Waals surface area contributed by atoms with Crippen LogP contribution in [0.5, 0.6) is 5.75 Å². The fraction of sp³-hybridized carbons (Fsp3) is 0.211. The number of benzene rings is 2. The van der Waals surface area contributed by atoms with Crippen molar-refractivity contribution >= 4 is 22.8 Å². The smallest absolute Gasteiger partial charge is 0.387 e. The number of aromatic nitrogens is 2. The molecular formula is C19H18F2N4O3. The normalized spacial score (nSPS) is 12.0. The molecule has 0 unspecified atom stereocenters. The first-order valence-corrected chi connectivity index (χ1v) is 8.49. The van der Waals surface area contributed by atoms with E-state index in [-0.39, 0.29) is 29.8 Å². The van der Waals surface area contributed by atoms with Crippen molar-refractivity contribution in [2.24, 2.45) is 0 Å². The third kappa shape index (κ3) is 4.81. The molecule has 7 nitrogen and oxygen atoms in total. The van der Waals surface area contributed by atoms with Crippen molar-refractivity contribution in [3.63, 3.8) is 0 Å². The van der Waals surface area contributed by atoms with Crippen molar-refractivity contribution in [2.75, 3.05) is 6.54 Å². The number of amides is 2. The number of hydrogen-bond donors (Lipinski definition) is 3. The van der Waals surface area contributed by atoms with E-state index >= 15 is 0 Å². The molecule has 9 heteroatoms. The molecule has 0 bridgehead atoms. The van der Waals surface area contributed by atoms with Crippen LogP contribution in [0.15, 0.2) is 48.5 Å². The van der Waals surface area contributed by atoms with E-state index in [4.69, 9.17) is 0 Å². The van der Waals surface area contributed by atoms with Gasteiger partial charge in [0, 0.05) is 5.56 Å². The van der Waals surface area contributed by atoms with Crippen LogP contribution in [0.2, 0.25) is 0 Å². The number of nitrogens with one attached hydrogen (secondary N) is 3. The first-order valence-electron chi connectivity index (χ1n) is 8.49. The Balaban J connectivity index is 1.51. The summed E-state index contributed by atoms with van der Waals surface area (Å²) in [6.45, 7) is -1.39. The maximum absolute atomic E-state index is 12.1. The highest BCUT2D eigenvalue weighted by Gasteiger charge is 2.15. The summed E-state index contributed by atoms with van der Waals surface area (Å²) in [6.07, 6.45) is 0. The Morgan fingerprint density at radius 1 is 1.14 bits per heavy atom. The lowest BCUT2D eigenvalue weighted by Gasteiger charge is -2.12. The van der Waals surface area contributed by atoms with Gasteiger partial charge in [0.15, 0.2) is 0 Å². The number of imidazole rings is 1. The Morgan fingerprint density at radius 2 is 1.86 bits per heavy atom. The summed E-state index contributed by atoms with van der Waals surface area (Å²) in [4.78, 5) is 31.7. The minimum absolute atomic E-state index is 0.0519. The lowest BCUT2D eigenvalue weighted by Crippen LogP contribution is -2.38. The van der Waals surface area contributed by atoms with Gasteiger partial charge in [0.05, 0.1) is 23.6 Å². The summed E-state index contributed by atoms with van der Waals surface area (Å²) in [5, 5.41) is 5.22. The Labute approximate surface area is 159 Å². The molecule has 0 aliphatic carbocycles. The maximum Gasteiger partial charge on any atom is 0.387 e. The molecule has 3 rings (SSSR count). The predicted octanol–water partition coefficient (Wildman–Crippen LogP) is 2.77. The molecule has 0 fully saturated rings. The van der Waals surface area contributed by atoms with E-state index in [1.165, 1.54) is 24.3 Å². The van der Waals surface area contributed by atoms with Crippen LogP contribution >= 0.6 is 0 Å². The van der Waals surface area contributed by atoms with E-state index in [0.717, 1.165) is 11.0 Å². The maximum atomic E-state index is 12.1. The Kier molecular flexibility index (Phi) is 5.83. The number of aromatic amines is 1. The topological polar surface area (TPSA) is 96.1 Å². The van der Waals surface area contributed by atoms with Gasteiger partial charge in [-0.15, -0.1) is 0 Å². The van der Waals surface area contributed by atoms with E-state index in [1.807, 2.05) is 24.3 Å². The molecule has 0 saturated heterocycles. The SMILES string of the molecule is C[C@H](NC(=O)CNC(=O)c1ccc(OC(F)F)cc1)c1nc2ccccc2[nH]1. The minimum atomic E-state index is -2.93. The molecule has 2 amide bonds. The van der Waals surface area contributed by atoms with Crippen LogP contribution in [-0.4, -0.2) is 34.9 Å². The number of alkyl halides is 2. The van der Waals surface area contributed by atoms with Gasteiger partial charge in [0.2, 0.25) is 5.91 Å². The molecule has 28 heavy (non-hydrogen) atoms. The van der Waals surface area contributed by atoms with E-state index in [2.05, 4.69) is 25.3 Å². The van der Waals surface area contributed by atoms with Crippen LogP contribution in [0.4, 0.5) is 8.78 Å². The molecule has 0 aliphatic heterocycles. The summed E-state index contributed by atoms with van der Waals surface area (Å²) >= 11 is 0. The fourth-order valence-electron chi connectivity index (χ4n) is 2.59. The Morgan fingerprint density at radius 3 is 2.54 bits per heavy atom. The van der Waals surface area contributed by atoms with Gasteiger partial charge in [-0.1, -0.05) is 12.1 Å². The number of para-hydroxylation sites is 2. The lowest BCUT2D eigenvalue weighted by molar-refractivity contribution is -0.120. The number of hydrogen-bond acceptors (Lipinski definition) is 4. The number of fused-ring (bicyclic) bond motifs is 1. The van der Waals surface area contributed by atoms with Gasteiger partial charge in [-0.3, -0.25) is 9.59 Å². The second-order valence-corrected chi connectivity index (χ2v) is 6.01. The Hall–Kier alpha value is -3.49. The minimum Gasteiger partial charge on any atom is -0.435 e. The third-order valence-corrected chi connectivity index (χ3v) is 3.95. The van der Waals surface area contributed by atoms with Crippen LogP contribution in [0.1, 0.15) is 29.1 Å². The molecule has 146 valence electrons. The quantitative estimate of drug-likeness (QED) is 0.580. The van der Waals surface area contributed by atoms with Crippen molar-refractivity contribution in [3.8, 4) is 5.75 Å². The highest BCUT2D eigenvalue weighted by molar-refractivity contribution is 5.96. The van der Waals surface area contributed by atoms with Crippen LogP contribution in [-0.2, 0) is 4.79 Å². The number of halogens is 2. The van der Waals surface area contributed by atoms with Gasteiger partial charge in [0.1, 0.15) is 11.6 Å². The van der Waals surface area contributed by atoms with E-state index < -0.39 is 12.5 Å². The summed E-state index contributed by atoms with van der Waals surface area (Å²) in [7, 11) is 0. The summed E-state index contributed by atoms with van der Waals surface area (Å²) in [5.41, 5.74) is 1.89. The van der Waals surface area contributed by atoms with E-state index in [0.29, 0.717) is 5.82 Å². The molecule has 0 saturated carbocycles.